The Morgan fingerprint density at radius 2 is 1.60 bits per heavy atom. The molecule has 0 atom stereocenters. The highest BCUT2D eigenvalue weighted by Crippen LogP contribution is 2.38. The quantitative estimate of drug-likeness (QED) is 0.324. The van der Waals surface area contributed by atoms with E-state index in [-0.39, 0.29) is 35.6 Å². The number of benzene rings is 1. The molecule has 7 rings (SSSR count). The Bertz CT molecular complexity index is 1480. The molecule has 3 aromatic rings. The molecule has 2 aliphatic carbocycles. The number of hydrogen-bond acceptors (Lipinski definition) is 8. The van der Waals surface area contributed by atoms with E-state index < -0.39 is 11.6 Å². The first-order chi connectivity index (χ1) is 21.9. The lowest BCUT2D eigenvalue weighted by Gasteiger charge is -2.39. The number of imidazole rings is 1. The van der Waals surface area contributed by atoms with Gasteiger partial charge in [0.1, 0.15) is 17.2 Å². The molecule has 12 heteroatoms. The van der Waals surface area contributed by atoms with Gasteiger partial charge in [0.25, 0.3) is 0 Å². The van der Waals surface area contributed by atoms with E-state index in [1.54, 1.807) is 6.20 Å². The first-order valence-corrected chi connectivity index (χ1v) is 16.9. The molecule has 4 aliphatic rings. The van der Waals surface area contributed by atoms with Crippen LogP contribution in [-0.2, 0) is 4.79 Å². The molecular weight excluding hydrogens is 576 g/mol. The minimum atomic E-state index is -0.694. The number of piperidine rings is 1. The van der Waals surface area contributed by atoms with Gasteiger partial charge in [-0.15, -0.1) is 0 Å². The summed E-state index contributed by atoms with van der Waals surface area (Å²) in [7, 11) is 0. The monoisotopic (exact) mass is 621 g/mol. The van der Waals surface area contributed by atoms with Gasteiger partial charge in [0.2, 0.25) is 17.8 Å². The van der Waals surface area contributed by atoms with Crippen molar-refractivity contribution in [2.24, 2.45) is 11.7 Å². The van der Waals surface area contributed by atoms with Crippen LogP contribution in [0.2, 0.25) is 0 Å². The number of carbonyl (C=O) groups is 1. The standard InChI is InChI=1S/C33H45F2N9O/c34-22-5-12-28(27(35)19-22)39-33-40-29-20-37-32(38-24-8-6-23(36)7-9-24)41-30(29)44(33)26-10-3-21(4-11-26)31(45)43-17-13-25(14-18-43)42-15-1-2-16-42/h5,12,19-21,23-26H,1-4,6-11,13-18,36H2,(H,39,40)(H,37,38,41)/t21-,23-,24-,26+. The van der Waals surface area contributed by atoms with Crippen molar-refractivity contribution in [3.05, 3.63) is 36.0 Å². The lowest BCUT2D eigenvalue weighted by Crippen LogP contribution is -2.48. The molecule has 1 aromatic carbocycles. The second kappa shape index (κ2) is 13.2. The van der Waals surface area contributed by atoms with Crippen LogP contribution in [0.25, 0.3) is 11.2 Å². The van der Waals surface area contributed by atoms with E-state index in [1.807, 2.05) is 4.57 Å². The average Bonchev–Trinajstić information content (AvgIpc) is 3.72. The van der Waals surface area contributed by atoms with Crippen LogP contribution in [0.5, 0.6) is 0 Å². The number of likely N-dealkylation sites (tertiary alicyclic amines) is 2. The van der Waals surface area contributed by atoms with E-state index in [2.05, 4.69) is 25.4 Å². The third kappa shape index (κ3) is 6.63. The Kier molecular flexibility index (Phi) is 8.85. The lowest BCUT2D eigenvalue weighted by atomic mass is 9.84. The van der Waals surface area contributed by atoms with Crippen LogP contribution in [0.1, 0.15) is 83.1 Å². The van der Waals surface area contributed by atoms with E-state index in [0.29, 0.717) is 29.1 Å². The van der Waals surface area contributed by atoms with Gasteiger partial charge in [-0.05, 0) is 102 Å². The molecular formula is C33H45F2N9O. The van der Waals surface area contributed by atoms with Crippen molar-refractivity contribution in [3.63, 3.8) is 0 Å². The molecule has 10 nitrogen and oxygen atoms in total. The summed E-state index contributed by atoms with van der Waals surface area (Å²) in [5, 5.41) is 6.59. The van der Waals surface area contributed by atoms with Gasteiger partial charge in [0, 0.05) is 49.2 Å². The number of rotatable bonds is 7. The number of nitrogens with one attached hydrogen (secondary N) is 2. The molecule has 4 fully saturated rings. The van der Waals surface area contributed by atoms with Gasteiger partial charge >= 0.3 is 0 Å². The normalized spacial score (nSPS) is 26.8. The number of fused-ring (bicyclic) bond motifs is 1. The maximum absolute atomic E-state index is 14.7. The number of nitrogens with two attached hydrogens (primary N) is 1. The summed E-state index contributed by atoms with van der Waals surface area (Å²) in [5.41, 5.74) is 7.49. The van der Waals surface area contributed by atoms with E-state index in [4.69, 9.17) is 15.7 Å². The predicted molar refractivity (Wildman–Crippen MR) is 170 cm³/mol. The first-order valence-electron chi connectivity index (χ1n) is 16.9. The highest BCUT2D eigenvalue weighted by molar-refractivity contribution is 5.79. The zero-order valence-electron chi connectivity index (χ0n) is 25.9. The van der Waals surface area contributed by atoms with Crippen LogP contribution in [0.3, 0.4) is 0 Å². The number of amides is 1. The highest BCUT2D eigenvalue weighted by Gasteiger charge is 2.35. The van der Waals surface area contributed by atoms with Crippen LogP contribution in [0, 0.1) is 17.6 Å². The smallest absolute Gasteiger partial charge is 0.225 e. The molecule has 2 aliphatic heterocycles. The van der Waals surface area contributed by atoms with Gasteiger partial charge < -0.3 is 26.2 Å². The Morgan fingerprint density at radius 1 is 0.867 bits per heavy atom. The number of nitrogens with zero attached hydrogens (tertiary/aromatic N) is 6. The number of aromatic nitrogens is 4. The SMILES string of the molecule is N[C@H]1CC[C@H](Nc2ncc3nc(Nc4ccc(F)cc4F)n([C@H]4CC[C@@H](C(=O)N5CCC(N6CCCC6)CC5)CC4)c3n2)CC1. The number of anilines is 3. The van der Waals surface area contributed by atoms with Gasteiger partial charge in [-0.2, -0.15) is 4.98 Å². The fourth-order valence-electron chi connectivity index (χ4n) is 7.95. The lowest BCUT2D eigenvalue weighted by molar-refractivity contribution is -0.138. The topological polar surface area (TPSA) is 117 Å². The van der Waals surface area contributed by atoms with E-state index in [1.165, 1.54) is 38.1 Å². The molecule has 1 amide bonds. The summed E-state index contributed by atoms with van der Waals surface area (Å²) in [6, 6.07) is 4.60. The molecule has 0 radical (unpaired) electrons. The zero-order chi connectivity index (χ0) is 30.9. The van der Waals surface area contributed by atoms with Crippen molar-refractivity contribution in [1.29, 1.82) is 0 Å². The Balaban J connectivity index is 1.08. The summed E-state index contributed by atoms with van der Waals surface area (Å²) < 4.78 is 30.4. The van der Waals surface area contributed by atoms with Crippen molar-refractivity contribution < 1.29 is 13.6 Å². The summed E-state index contributed by atoms with van der Waals surface area (Å²) in [5.74, 6) is -0.0685. The van der Waals surface area contributed by atoms with Gasteiger partial charge in [0.15, 0.2) is 5.65 Å². The predicted octanol–water partition coefficient (Wildman–Crippen LogP) is 5.35. The molecule has 0 bridgehead atoms. The van der Waals surface area contributed by atoms with Crippen molar-refractivity contribution >= 4 is 34.7 Å². The first kappa shape index (κ1) is 30.3. The molecule has 4 heterocycles. The molecule has 2 saturated carbocycles. The van der Waals surface area contributed by atoms with Gasteiger partial charge in [-0.3, -0.25) is 9.36 Å². The summed E-state index contributed by atoms with van der Waals surface area (Å²) in [4.78, 5) is 32.5. The molecule has 242 valence electrons. The molecule has 4 N–H and O–H groups in total. The minimum Gasteiger partial charge on any atom is -0.351 e. The minimum absolute atomic E-state index is 0.00912. The van der Waals surface area contributed by atoms with Gasteiger partial charge in [-0.1, -0.05) is 0 Å². The van der Waals surface area contributed by atoms with Gasteiger partial charge in [0.05, 0.1) is 11.9 Å². The van der Waals surface area contributed by atoms with Crippen molar-refractivity contribution in [2.45, 2.75) is 101 Å². The van der Waals surface area contributed by atoms with Crippen LogP contribution in [0.15, 0.2) is 24.4 Å². The third-order valence-electron chi connectivity index (χ3n) is 10.6. The van der Waals surface area contributed by atoms with Crippen LogP contribution < -0.4 is 16.4 Å². The largest absolute Gasteiger partial charge is 0.351 e. The number of halogens is 2. The summed E-state index contributed by atoms with van der Waals surface area (Å²) in [6.07, 6.45) is 13.4. The van der Waals surface area contributed by atoms with E-state index in [0.717, 1.165) is 83.4 Å². The summed E-state index contributed by atoms with van der Waals surface area (Å²) >= 11 is 0. The molecule has 0 spiro atoms. The van der Waals surface area contributed by atoms with Crippen molar-refractivity contribution in [3.8, 4) is 0 Å². The molecule has 45 heavy (non-hydrogen) atoms. The molecule has 0 unspecified atom stereocenters. The maximum atomic E-state index is 14.7. The van der Waals surface area contributed by atoms with Crippen LogP contribution in [0.4, 0.5) is 26.4 Å². The third-order valence-corrected chi connectivity index (χ3v) is 10.6. The second-order valence-electron chi connectivity index (χ2n) is 13.5. The van der Waals surface area contributed by atoms with Gasteiger partial charge in [-0.25, -0.2) is 18.7 Å². The summed E-state index contributed by atoms with van der Waals surface area (Å²) in [6.45, 7) is 4.11. The van der Waals surface area contributed by atoms with E-state index in [9.17, 15) is 13.6 Å². The highest BCUT2D eigenvalue weighted by atomic mass is 19.1. The number of hydrogen-bond donors (Lipinski definition) is 3. The fourth-order valence-corrected chi connectivity index (χ4v) is 7.95. The van der Waals surface area contributed by atoms with E-state index >= 15 is 0 Å². The zero-order valence-corrected chi connectivity index (χ0v) is 25.9. The Hall–Kier alpha value is -3.38. The Labute approximate surface area is 263 Å². The molecule has 2 aromatic heterocycles. The second-order valence-corrected chi connectivity index (χ2v) is 13.5. The number of carbonyl (C=O) groups excluding carboxylic acids is 1. The van der Waals surface area contributed by atoms with Crippen molar-refractivity contribution in [1.82, 2.24) is 29.3 Å². The maximum Gasteiger partial charge on any atom is 0.225 e. The molecule has 2 saturated heterocycles. The average molecular weight is 622 g/mol. The van der Waals surface area contributed by atoms with Crippen LogP contribution >= 0.6 is 0 Å². The Morgan fingerprint density at radius 3 is 2.31 bits per heavy atom. The van der Waals surface area contributed by atoms with Crippen LogP contribution in [-0.4, -0.2) is 79.5 Å². The van der Waals surface area contributed by atoms with Crippen molar-refractivity contribution in [2.75, 3.05) is 36.8 Å². The fraction of sp³-hybridized carbons (Fsp3) is 0.636.